The van der Waals surface area contributed by atoms with Crippen LogP contribution in [0.5, 0.6) is 0 Å². The molecule has 1 aromatic rings. The van der Waals surface area contributed by atoms with Gasteiger partial charge in [-0.3, -0.25) is 4.90 Å². The van der Waals surface area contributed by atoms with Crippen molar-refractivity contribution in [3.63, 3.8) is 0 Å². The van der Waals surface area contributed by atoms with Gasteiger partial charge in [-0.2, -0.15) is 0 Å². The second kappa shape index (κ2) is 4.38. The third kappa shape index (κ3) is 2.53. The lowest BCUT2D eigenvalue weighted by Gasteiger charge is -2.14. The summed E-state index contributed by atoms with van der Waals surface area (Å²) in [5.41, 5.74) is 7.14. The molecule has 0 saturated carbocycles. The van der Waals surface area contributed by atoms with Crippen molar-refractivity contribution < 1.29 is 0 Å². The van der Waals surface area contributed by atoms with Crippen LogP contribution in [0, 0.1) is 0 Å². The van der Waals surface area contributed by atoms with Crippen LogP contribution in [0.2, 0.25) is 0 Å². The molecule has 1 aliphatic heterocycles. The second-order valence-electron chi connectivity index (χ2n) is 3.77. The molecule has 0 bridgehead atoms. The topological polar surface area (TPSA) is 42.1 Å². The summed E-state index contributed by atoms with van der Waals surface area (Å²) in [6, 6.07) is 4.47. The Balaban J connectivity index is 1.97. The molecule has 2 heterocycles. The molecule has 4 heteroatoms. The van der Waals surface area contributed by atoms with E-state index >= 15 is 0 Å². The van der Waals surface area contributed by atoms with E-state index in [1.165, 1.54) is 5.56 Å². The van der Waals surface area contributed by atoms with E-state index in [9.17, 15) is 0 Å². The fourth-order valence-corrected chi connectivity index (χ4v) is 2.22. The zero-order valence-electron chi connectivity index (χ0n) is 7.99. The molecule has 0 amide bonds. The van der Waals surface area contributed by atoms with Crippen LogP contribution >= 0.6 is 15.9 Å². The van der Waals surface area contributed by atoms with Crippen molar-refractivity contribution in [1.29, 1.82) is 0 Å². The number of rotatable bonds is 2. The maximum absolute atomic E-state index is 5.85. The molecule has 0 aromatic carbocycles. The lowest BCUT2D eigenvalue weighted by molar-refractivity contribution is 0.327. The van der Waals surface area contributed by atoms with E-state index in [1.54, 1.807) is 0 Å². The zero-order valence-corrected chi connectivity index (χ0v) is 9.57. The van der Waals surface area contributed by atoms with Gasteiger partial charge in [-0.1, -0.05) is 0 Å². The van der Waals surface area contributed by atoms with E-state index in [2.05, 4.69) is 37.9 Å². The number of aromatic nitrogens is 1. The fraction of sp³-hybridized carbons (Fsp3) is 0.500. The van der Waals surface area contributed by atoms with Crippen molar-refractivity contribution in [2.24, 2.45) is 5.73 Å². The summed E-state index contributed by atoms with van der Waals surface area (Å²) in [6.07, 6.45) is 2.95. The van der Waals surface area contributed by atoms with Crippen LogP contribution in [0.3, 0.4) is 0 Å². The smallest absolute Gasteiger partial charge is 0.106 e. The Kier molecular flexibility index (Phi) is 3.15. The summed E-state index contributed by atoms with van der Waals surface area (Å²) >= 11 is 3.37. The maximum Gasteiger partial charge on any atom is 0.106 e. The van der Waals surface area contributed by atoms with Crippen LogP contribution in [0.15, 0.2) is 22.9 Å². The molecule has 1 fully saturated rings. The van der Waals surface area contributed by atoms with E-state index in [1.807, 2.05) is 6.20 Å². The molecule has 0 aliphatic carbocycles. The molecule has 1 saturated heterocycles. The van der Waals surface area contributed by atoms with Gasteiger partial charge in [0.1, 0.15) is 4.60 Å². The quantitative estimate of drug-likeness (QED) is 0.813. The van der Waals surface area contributed by atoms with E-state index in [0.717, 1.165) is 30.7 Å². The summed E-state index contributed by atoms with van der Waals surface area (Å²) in [7, 11) is 0. The highest BCUT2D eigenvalue weighted by Crippen LogP contribution is 2.14. The Bertz CT molecular complexity index is 316. The molecule has 1 aliphatic rings. The van der Waals surface area contributed by atoms with Gasteiger partial charge in [0, 0.05) is 31.9 Å². The number of hydrogen-bond donors (Lipinski definition) is 1. The molecule has 1 aromatic heterocycles. The lowest BCUT2D eigenvalue weighted by Crippen LogP contribution is -2.26. The van der Waals surface area contributed by atoms with Gasteiger partial charge < -0.3 is 5.73 Å². The monoisotopic (exact) mass is 255 g/mol. The number of pyridine rings is 1. The van der Waals surface area contributed by atoms with Crippen molar-refractivity contribution in [3.05, 3.63) is 28.5 Å². The molecule has 0 radical (unpaired) electrons. The van der Waals surface area contributed by atoms with Gasteiger partial charge in [0.05, 0.1) is 0 Å². The zero-order chi connectivity index (χ0) is 9.97. The number of nitrogens with two attached hydrogens (primary N) is 1. The Morgan fingerprint density at radius 2 is 2.50 bits per heavy atom. The van der Waals surface area contributed by atoms with Crippen LogP contribution in [-0.2, 0) is 6.54 Å². The van der Waals surface area contributed by atoms with Crippen molar-refractivity contribution in [1.82, 2.24) is 9.88 Å². The van der Waals surface area contributed by atoms with E-state index in [4.69, 9.17) is 5.73 Å². The average Bonchev–Trinajstić information content (AvgIpc) is 2.51. The van der Waals surface area contributed by atoms with Crippen molar-refractivity contribution in [2.75, 3.05) is 13.1 Å². The first-order valence-electron chi connectivity index (χ1n) is 4.82. The second-order valence-corrected chi connectivity index (χ2v) is 4.58. The summed E-state index contributed by atoms with van der Waals surface area (Å²) < 4.78 is 0.901. The lowest BCUT2D eigenvalue weighted by atomic mass is 10.2. The first-order chi connectivity index (χ1) is 6.74. The third-order valence-corrected chi connectivity index (χ3v) is 2.94. The number of hydrogen-bond acceptors (Lipinski definition) is 3. The van der Waals surface area contributed by atoms with Crippen LogP contribution < -0.4 is 5.73 Å². The third-order valence-electron chi connectivity index (χ3n) is 2.51. The summed E-state index contributed by atoms with van der Waals surface area (Å²) in [4.78, 5) is 6.48. The maximum atomic E-state index is 5.85. The van der Waals surface area contributed by atoms with Gasteiger partial charge >= 0.3 is 0 Å². The SMILES string of the molecule is N[C@H]1CCN(Cc2ccnc(Br)c2)C1. The normalized spacial score (nSPS) is 22.9. The fourth-order valence-electron chi connectivity index (χ4n) is 1.81. The molecule has 2 N–H and O–H groups in total. The molecule has 2 rings (SSSR count). The predicted molar refractivity (Wildman–Crippen MR) is 59.8 cm³/mol. The van der Waals surface area contributed by atoms with Gasteiger partial charge in [0.15, 0.2) is 0 Å². The highest BCUT2D eigenvalue weighted by Gasteiger charge is 2.18. The minimum atomic E-state index is 0.361. The van der Waals surface area contributed by atoms with Crippen molar-refractivity contribution in [3.8, 4) is 0 Å². The van der Waals surface area contributed by atoms with Crippen molar-refractivity contribution in [2.45, 2.75) is 19.0 Å². The summed E-state index contributed by atoms with van der Waals surface area (Å²) in [6.45, 7) is 3.11. The minimum absolute atomic E-state index is 0.361. The van der Waals surface area contributed by atoms with Crippen molar-refractivity contribution >= 4 is 15.9 Å². The van der Waals surface area contributed by atoms with E-state index in [-0.39, 0.29) is 0 Å². The Labute approximate surface area is 92.4 Å². The molecule has 14 heavy (non-hydrogen) atoms. The Hall–Kier alpha value is -0.450. The van der Waals surface area contributed by atoms with Crippen LogP contribution in [0.25, 0.3) is 0 Å². The minimum Gasteiger partial charge on any atom is -0.326 e. The van der Waals surface area contributed by atoms with E-state index in [0.29, 0.717) is 6.04 Å². The Morgan fingerprint density at radius 1 is 1.64 bits per heavy atom. The molecular weight excluding hydrogens is 242 g/mol. The molecular formula is C10H14BrN3. The number of halogens is 1. The van der Waals surface area contributed by atoms with Gasteiger partial charge in [-0.05, 0) is 40.0 Å². The number of nitrogens with zero attached hydrogens (tertiary/aromatic N) is 2. The largest absolute Gasteiger partial charge is 0.326 e. The average molecular weight is 256 g/mol. The first-order valence-corrected chi connectivity index (χ1v) is 5.62. The highest BCUT2D eigenvalue weighted by atomic mass is 79.9. The molecule has 0 spiro atoms. The standard InChI is InChI=1S/C10H14BrN3/c11-10-5-8(1-3-13-10)6-14-4-2-9(12)7-14/h1,3,5,9H,2,4,6-7,12H2/t9-/m0/s1. The molecule has 76 valence electrons. The summed E-state index contributed by atoms with van der Waals surface area (Å²) in [5, 5.41) is 0. The first kappa shape index (κ1) is 10.1. The van der Waals surface area contributed by atoms with Crippen LogP contribution in [0.4, 0.5) is 0 Å². The molecule has 1 atom stereocenters. The number of likely N-dealkylation sites (tertiary alicyclic amines) is 1. The Morgan fingerprint density at radius 3 is 3.14 bits per heavy atom. The van der Waals surface area contributed by atoms with Gasteiger partial charge in [0.25, 0.3) is 0 Å². The highest BCUT2D eigenvalue weighted by molar-refractivity contribution is 9.10. The molecule has 0 unspecified atom stereocenters. The predicted octanol–water partition coefficient (Wildman–Crippen LogP) is 1.38. The van der Waals surface area contributed by atoms with E-state index < -0.39 is 0 Å². The van der Waals surface area contributed by atoms with Gasteiger partial charge in [-0.25, -0.2) is 4.98 Å². The van der Waals surface area contributed by atoms with Crippen LogP contribution in [-0.4, -0.2) is 29.0 Å². The van der Waals surface area contributed by atoms with Crippen LogP contribution in [0.1, 0.15) is 12.0 Å². The molecule has 3 nitrogen and oxygen atoms in total. The van der Waals surface area contributed by atoms with Gasteiger partial charge in [-0.15, -0.1) is 0 Å². The van der Waals surface area contributed by atoms with Gasteiger partial charge in [0.2, 0.25) is 0 Å². The summed E-state index contributed by atoms with van der Waals surface area (Å²) in [5.74, 6) is 0.